The number of allylic oxidation sites excluding steroid dienone is 1. The van der Waals surface area contributed by atoms with E-state index in [-0.39, 0.29) is 71.0 Å². The lowest BCUT2D eigenvalue weighted by Crippen LogP contribution is -2.58. The van der Waals surface area contributed by atoms with Crippen molar-refractivity contribution in [3.8, 4) is 0 Å². The second-order valence-corrected chi connectivity index (χ2v) is 23.4. The summed E-state index contributed by atoms with van der Waals surface area (Å²) < 4.78 is 27.9. The molecule has 3 saturated carbocycles. The minimum absolute atomic E-state index is 0.0192. The summed E-state index contributed by atoms with van der Waals surface area (Å²) in [5.74, 6) is -2.43. The molecule has 2 heterocycles. The Morgan fingerprint density at radius 1 is 0.875 bits per heavy atom. The zero-order valence-electron chi connectivity index (χ0n) is 36.3. The van der Waals surface area contributed by atoms with Crippen LogP contribution in [0.1, 0.15) is 153 Å². The molecule has 56 heavy (non-hydrogen) atoms. The predicted octanol–water partition coefficient (Wildman–Crippen LogP) is 6.35. The monoisotopic (exact) mass is 801 g/mol. The topological polar surface area (TPSA) is 150 Å². The van der Waals surface area contributed by atoms with Gasteiger partial charge in [-0.1, -0.05) is 74.3 Å². The quantitative estimate of drug-likeness (QED) is 0.182. The van der Waals surface area contributed by atoms with E-state index in [1.807, 2.05) is 41.5 Å². The van der Waals surface area contributed by atoms with Crippen LogP contribution < -0.4 is 10.0 Å². The number of sulfonamides is 1. The Morgan fingerprint density at radius 3 is 1.98 bits per heavy atom. The first-order valence-corrected chi connectivity index (χ1v) is 22.8. The van der Waals surface area contributed by atoms with Gasteiger partial charge >= 0.3 is 0 Å². The lowest BCUT2D eigenvalue weighted by Gasteiger charge is -2.40. The summed E-state index contributed by atoms with van der Waals surface area (Å²) in [6.07, 6.45) is 8.58. The largest absolute Gasteiger partial charge is 0.344 e. The Labute approximate surface area is 337 Å². The molecule has 5 aliphatic rings. The fourth-order valence-corrected chi connectivity index (χ4v) is 12.5. The molecule has 12 heteroatoms. The number of rotatable bonds is 15. The maximum absolute atomic E-state index is 15.2. The minimum Gasteiger partial charge on any atom is -0.344 e. The Kier molecular flexibility index (Phi) is 12.1. The van der Waals surface area contributed by atoms with E-state index in [2.05, 4.69) is 49.2 Å². The van der Waals surface area contributed by atoms with Crippen LogP contribution in [0.3, 0.4) is 0 Å². The van der Waals surface area contributed by atoms with Crippen LogP contribution in [0, 0.1) is 38.4 Å². The average molecular weight is 801 g/mol. The number of hydrogen-bond donors (Lipinski definition) is 2. The standard InChI is InChI=1S/C44H72N4O7S/c1-13-20-42(12,38(53)46-56(54,55)29-18-19-29)26-34(50)32-25-44(41(10,11)43(44)21-16-22-43)27-48(32)37(52)30(39(4,5)6)24-33(49)35(40(7,8)9)45-36(51)31-17-14-15-23-47(31)28(2)3/h13,28-32,35H,1,14-27H2,2-12H3,(H,45,51)(H,46,53)/t30-,31+,32+,35-,42?,44-/m1/s1. The molecule has 2 spiro atoms. The van der Waals surface area contributed by atoms with E-state index in [0.717, 1.165) is 45.1 Å². The first-order chi connectivity index (χ1) is 25.7. The zero-order valence-corrected chi connectivity index (χ0v) is 37.1. The van der Waals surface area contributed by atoms with Crippen LogP contribution in [0.2, 0.25) is 0 Å². The molecule has 2 aliphatic heterocycles. The maximum Gasteiger partial charge on any atom is 0.240 e. The van der Waals surface area contributed by atoms with E-state index in [1.54, 1.807) is 11.8 Å². The lowest BCUT2D eigenvalue weighted by atomic mass is 9.72. The van der Waals surface area contributed by atoms with E-state index < -0.39 is 55.4 Å². The Morgan fingerprint density at radius 2 is 1.50 bits per heavy atom. The second kappa shape index (κ2) is 15.2. The van der Waals surface area contributed by atoms with Crippen LogP contribution >= 0.6 is 0 Å². The molecular weight excluding hydrogens is 729 g/mol. The molecule has 316 valence electrons. The summed E-state index contributed by atoms with van der Waals surface area (Å²) in [4.78, 5) is 75.9. The first kappa shape index (κ1) is 44.5. The van der Waals surface area contributed by atoms with Gasteiger partial charge in [-0.05, 0) is 100 Å². The van der Waals surface area contributed by atoms with E-state index in [1.165, 1.54) is 6.08 Å². The summed E-state index contributed by atoms with van der Waals surface area (Å²) >= 11 is 0. The van der Waals surface area contributed by atoms with Crippen molar-refractivity contribution in [3.05, 3.63) is 12.7 Å². The summed E-state index contributed by atoms with van der Waals surface area (Å²) in [6, 6.07) is -1.79. The summed E-state index contributed by atoms with van der Waals surface area (Å²) in [5.41, 5.74) is -3.04. The number of Topliss-reactive ketones (excluding diaryl/α,β-unsaturated/α-hetero) is 2. The van der Waals surface area contributed by atoms with Crippen LogP contribution in [0.4, 0.5) is 0 Å². The van der Waals surface area contributed by atoms with Gasteiger partial charge in [0.1, 0.15) is 0 Å². The molecule has 0 aromatic carbocycles. The highest BCUT2D eigenvalue weighted by Crippen LogP contribution is 2.88. The van der Waals surface area contributed by atoms with Crippen molar-refractivity contribution in [3.63, 3.8) is 0 Å². The summed E-state index contributed by atoms with van der Waals surface area (Å²) in [7, 11) is -3.85. The van der Waals surface area contributed by atoms with Gasteiger partial charge in [0.05, 0.1) is 28.8 Å². The molecule has 3 aliphatic carbocycles. The van der Waals surface area contributed by atoms with Gasteiger partial charge in [-0.3, -0.25) is 33.6 Å². The SMILES string of the molecule is C=CCC(C)(CC(=O)[C@@H]1C[C@@]2(CN1C(=O)[C@@H](CC(=O)[C@@H](NC(=O)[C@@H]1CCCCN1C(C)C)C(C)(C)C)C(C)(C)C)C(C)(C)C21CCC1)C(=O)NS(=O)(=O)C1CC1. The van der Waals surface area contributed by atoms with E-state index >= 15 is 4.79 Å². The van der Waals surface area contributed by atoms with Crippen LogP contribution in [0.5, 0.6) is 0 Å². The highest BCUT2D eigenvalue weighted by Gasteiger charge is 2.85. The number of fused-ring (bicyclic) bond motifs is 1. The lowest BCUT2D eigenvalue weighted by molar-refractivity contribution is -0.147. The first-order valence-electron chi connectivity index (χ1n) is 21.3. The zero-order chi connectivity index (χ0) is 42.0. The molecule has 11 nitrogen and oxygen atoms in total. The van der Waals surface area contributed by atoms with E-state index in [0.29, 0.717) is 25.8 Å². The molecule has 0 radical (unpaired) electrons. The number of amides is 3. The molecular formula is C44H72N4O7S. The molecule has 2 N–H and O–H groups in total. The number of ketones is 2. The third-order valence-corrected chi connectivity index (χ3v) is 16.9. The van der Waals surface area contributed by atoms with Gasteiger partial charge in [0, 0.05) is 36.8 Å². The van der Waals surface area contributed by atoms with Gasteiger partial charge in [-0.2, -0.15) is 0 Å². The van der Waals surface area contributed by atoms with Gasteiger partial charge in [0.25, 0.3) is 0 Å². The normalized spacial score (nSPS) is 28.2. The molecule has 0 aromatic heterocycles. The number of hydrogen-bond acceptors (Lipinski definition) is 8. The third kappa shape index (κ3) is 7.92. The van der Waals surface area contributed by atoms with Gasteiger partial charge < -0.3 is 10.2 Å². The van der Waals surface area contributed by atoms with Gasteiger partial charge in [-0.15, -0.1) is 6.58 Å². The van der Waals surface area contributed by atoms with Crippen molar-refractivity contribution in [1.29, 1.82) is 0 Å². The van der Waals surface area contributed by atoms with Crippen molar-refractivity contribution in [2.45, 2.75) is 183 Å². The number of nitrogens with one attached hydrogen (secondary N) is 2. The van der Waals surface area contributed by atoms with Crippen molar-refractivity contribution >= 4 is 39.3 Å². The van der Waals surface area contributed by atoms with Crippen LogP contribution in [-0.4, -0.2) is 90.0 Å². The van der Waals surface area contributed by atoms with Crippen LogP contribution in [0.25, 0.3) is 0 Å². The number of carbonyl (C=O) groups is 5. The van der Waals surface area contributed by atoms with Crippen LogP contribution in [-0.2, 0) is 34.0 Å². The molecule has 5 fully saturated rings. The molecule has 1 unspecified atom stereocenters. The molecule has 0 aromatic rings. The van der Waals surface area contributed by atoms with E-state index in [4.69, 9.17) is 0 Å². The van der Waals surface area contributed by atoms with Crippen LogP contribution in [0.15, 0.2) is 12.7 Å². The third-order valence-electron chi connectivity index (χ3n) is 15.1. The van der Waals surface area contributed by atoms with Crippen molar-refractivity contribution < 1.29 is 32.4 Å². The van der Waals surface area contributed by atoms with E-state index in [9.17, 15) is 27.6 Å². The number of likely N-dealkylation sites (tertiary alicyclic amines) is 2. The van der Waals surface area contributed by atoms with Crippen molar-refractivity contribution in [2.24, 2.45) is 38.4 Å². The number of piperidine rings is 1. The van der Waals surface area contributed by atoms with Gasteiger partial charge in [0.15, 0.2) is 11.6 Å². The Hall–Kier alpha value is -2.60. The fourth-order valence-electron chi connectivity index (χ4n) is 11.1. The van der Waals surface area contributed by atoms with Crippen molar-refractivity contribution in [2.75, 3.05) is 13.1 Å². The highest BCUT2D eigenvalue weighted by atomic mass is 32.2. The fraction of sp³-hybridized carbons (Fsp3) is 0.841. The van der Waals surface area contributed by atoms with Gasteiger partial charge in [-0.25, -0.2) is 8.42 Å². The average Bonchev–Trinajstić information content (AvgIpc) is 3.93. The molecule has 0 bridgehead atoms. The molecule has 5 rings (SSSR count). The van der Waals surface area contributed by atoms with Crippen molar-refractivity contribution in [1.82, 2.24) is 19.8 Å². The summed E-state index contributed by atoms with van der Waals surface area (Å²) in [5, 5.41) is 2.54. The second-order valence-electron chi connectivity index (χ2n) is 21.4. The number of nitrogens with zero attached hydrogens (tertiary/aromatic N) is 2. The highest BCUT2D eigenvalue weighted by molar-refractivity contribution is 7.90. The predicted molar refractivity (Wildman–Crippen MR) is 219 cm³/mol. The van der Waals surface area contributed by atoms with Gasteiger partial charge in [0.2, 0.25) is 27.7 Å². The minimum atomic E-state index is -3.85. The maximum atomic E-state index is 15.2. The molecule has 2 saturated heterocycles. The Balaban J connectivity index is 1.43. The number of carbonyl (C=O) groups excluding carboxylic acids is 5. The molecule has 3 amide bonds. The molecule has 6 atom stereocenters. The Bertz CT molecular complexity index is 1700. The summed E-state index contributed by atoms with van der Waals surface area (Å²) in [6.45, 7) is 26.9. The smallest absolute Gasteiger partial charge is 0.240 e.